The lowest BCUT2D eigenvalue weighted by atomic mass is 10.1. The summed E-state index contributed by atoms with van der Waals surface area (Å²) in [4.78, 5) is 22.1. The summed E-state index contributed by atoms with van der Waals surface area (Å²) in [7, 11) is 0. The van der Waals surface area contributed by atoms with E-state index >= 15 is 0 Å². The van der Waals surface area contributed by atoms with Crippen LogP contribution in [0.5, 0.6) is 0 Å². The fourth-order valence-corrected chi connectivity index (χ4v) is 2.45. The number of furan rings is 1. The standard InChI is InChI=1S/C16H17N5O4/c1-10-8-14(19-18-10)16(22)20-17-9-13-6-7-15(25-13)11-2-4-12(5-3-11)21(23)24/h2-7,9-10,14,18-19H,8H2,1H3,(H,20,22)/b17-9+. The number of hydrazone groups is 1. The maximum atomic E-state index is 11.9. The Morgan fingerprint density at radius 3 is 2.72 bits per heavy atom. The topological polar surface area (TPSA) is 122 Å². The maximum absolute atomic E-state index is 11.9. The Morgan fingerprint density at radius 1 is 1.32 bits per heavy atom. The number of hydrazine groups is 1. The number of rotatable bonds is 5. The molecule has 1 amide bonds. The molecule has 2 heterocycles. The lowest BCUT2D eigenvalue weighted by molar-refractivity contribution is -0.384. The van der Waals surface area contributed by atoms with Gasteiger partial charge < -0.3 is 4.42 Å². The first-order valence-corrected chi connectivity index (χ1v) is 7.71. The van der Waals surface area contributed by atoms with Gasteiger partial charge in [-0.05, 0) is 37.6 Å². The molecule has 0 spiro atoms. The first-order valence-electron chi connectivity index (χ1n) is 7.71. The zero-order valence-electron chi connectivity index (χ0n) is 13.4. The average Bonchev–Trinajstić information content (AvgIpc) is 3.24. The van der Waals surface area contributed by atoms with Crippen molar-refractivity contribution in [1.29, 1.82) is 0 Å². The average molecular weight is 343 g/mol. The SMILES string of the molecule is CC1CC(C(=O)N/N=C/c2ccc(-c3ccc([N+](=O)[O-])cc3)o2)NN1. The van der Waals surface area contributed by atoms with Crippen LogP contribution in [0.3, 0.4) is 0 Å². The minimum atomic E-state index is -0.456. The minimum Gasteiger partial charge on any atom is -0.455 e. The van der Waals surface area contributed by atoms with Gasteiger partial charge in [-0.25, -0.2) is 10.9 Å². The number of amides is 1. The third kappa shape index (κ3) is 4.08. The number of nitrogens with zero attached hydrogens (tertiary/aromatic N) is 2. The van der Waals surface area contributed by atoms with Crippen molar-refractivity contribution in [3.63, 3.8) is 0 Å². The number of carbonyl (C=O) groups excluding carboxylic acids is 1. The Morgan fingerprint density at radius 2 is 2.08 bits per heavy atom. The van der Waals surface area contributed by atoms with E-state index < -0.39 is 4.92 Å². The Kier molecular flexibility index (Phi) is 4.87. The van der Waals surface area contributed by atoms with Gasteiger partial charge >= 0.3 is 0 Å². The molecule has 2 aromatic rings. The van der Waals surface area contributed by atoms with Crippen molar-refractivity contribution in [1.82, 2.24) is 16.3 Å². The molecule has 3 N–H and O–H groups in total. The summed E-state index contributed by atoms with van der Waals surface area (Å²) in [5, 5.41) is 14.5. The number of hydrogen-bond acceptors (Lipinski definition) is 7. The van der Waals surface area contributed by atoms with Crippen molar-refractivity contribution >= 4 is 17.8 Å². The molecule has 9 heteroatoms. The van der Waals surface area contributed by atoms with Crippen molar-refractivity contribution in [2.24, 2.45) is 5.10 Å². The number of non-ortho nitro benzene ring substituents is 1. The summed E-state index contributed by atoms with van der Waals surface area (Å²) in [5.74, 6) is 0.785. The molecule has 0 radical (unpaired) electrons. The van der Waals surface area contributed by atoms with Crippen molar-refractivity contribution in [2.75, 3.05) is 0 Å². The van der Waals surface area contributed by atoms with Crippen LogP contribution < -0.4 is 16.3 Å². The summed E-state index contributed by atoms with van der Waals surface area (Å²) in [5.41, 5.74) is 9.04. The van der Waals surface area contributed by atoms with Gasteiger partial charge in [-0.1, -0.05) is 0 Å². The molecular formula is C16H17N5O4. The Balaban J connectivity index is 1.59. The fourth-order valence-electron chi connectivity index (χ4n) is 2.45. The maximum Gasteiger partial charge on any atom is 0.269 e. The van der Waals surface area contributed by atoms with Crippen LogP contribution in [0.2, 0.25) is 0 Å². The summed E-state index contributed by atoms with van der Waals surface area (Å²) in [6.45, 7) is 1.98. The van der Waals surface area contributed by atoms with Gasteiger partial charge in [0.25, 0.3) is 11.6 Å². The molecule has 1 aromatic carbocycles. The zero-order valence-corrected chi connectivity index (χ0v) is 13.4. The zero-order chi connectivity index (χ0) is 17.8. The molecule has 3 rings (SSSR count). The van der Waals surface area contributed by atoms with Crippen molar-refractivity contribution < 1.29 is 14.1 Å². The summed E-state index contributed by atoms with van der Waals surface area (Å²) in [6.07, 6.45) is 2.09. The van der Waals surface area contributed by atoms with Crippen molar-refractivity contribution in [3.8, 4) is 11.3 Å². The molecule has 25 heavy (non-hydrogen) atoms. The molecule has 0 aliphatic carbocycles. The lowest BCUT2D eigenvalue weighted by Gasteiger charge is -2.05. The van der Waals surface area contributed by atoms with Crippen LogP contribution in [-0.2, 0) is 4.79 Å². The second-order valence-electron chi connectivity index (χ2n) is 5.72. The van der Waals surface area contributed by atoms with Crippen molar-refractivity contribution in [2.45, 2.75) is 25.4 Å². The van der Waals surface area contributed by atoms with E-state index in [2.05, 4.69) is 21.4 Å². The molecule has 0 saturated carbocycles. The monoisotopic (exact) mass is 343 g/mol. The Hall–Kier alpha value is -3.04. The quantitative estimate of drug-likeness (QED) is 0.430. The van der Waals surface area contributed by atoms with E-state index in [1.54, 1.807) is 24.3 Å². The van der Waals surface area contributed by atoms with Crippen molar-refractivity contribution in [3.05, 3.63) is 52.3 Å². The van der Waals surface area contributed by atoms with E-state index in [-0.39, 0.29) is 23.7 Å². The Labute approximate surface area is 143 Å². The normalized spacial score (nSPS) is 20.0. The highest BCUT2D eigenvalue weighted by Crippen LogP contribution is 2.23. The van der Waals surface area contributed by atoms with Gasteiger partial charge in [-0.3, -0.25) is 20.3 Å². The van der Waals surface area contributed by atoms with Crippen LogP contribution in [0.15, 0.2) is 45.9 Å². The third-order valence-corrected chi connectivity index (χ3v) is 3.77. The van der Waals surface area contributed by atoms with Crippen LogP contribution in [0.4, 0.5) is 5.69 Å². The first kappa shape index (κ1) is 16.8. The molecular weight excluding hydrogens is 326 g/mol. The van der Waals surface area contributed by atoms with Gasteiger partial charge in [0.1, 0.15) is 17.6 Å². The molecule has 2 atom stereocenters. The predicted molar refractivity (Wildman–Crippen MR) is 90.7 cm³/mol. The molecule has 1 aromatic heterocycles. The van der Waals surface area contributed by atoms with Gasteiger partial charge in [0.15, 0.2) is 0 Å². The second kappa shape index (κ2) is 7.24. The number of nitro benzene ring substituents is 1. The number of benzene rings is 1. The number of hydrogen-bond donors (Lipinski definition) is 3. The third-order valence-electron chi connectivity index (χ3n) is 3.77. The number of carbonyl (C=O) groups is 1. The largest absolute Gasteiger partial charge is 0.455 e. The highest BCUT2D eigenvalue weighted by molar-refractivity contribution is 5.84. The fraction of sp³-hybridized carbons (Fsp3) is 0.250. The van der Waals surface area contributed by atoms with Crippen LogP contribution in [0.1, 0.15) is 19.1 Å². The summed E-state index contributed by atoms with van der Waals surface area (Å²) in [6, 6.07) is 9.39. The van der Waals surface area contributed by atoms with Gasteiger partial charge in [-0.2, -0.15) is 5.10 Å². The predicted octanol–water partition coefficient (Wildman–Crippen LogP) is 1.56. The van der Waals surface area contributed by atoms with Crippen LogP contribution >= 0.6 is 0 Å². The highest BCUT2D eigenvalue weighted by Gasteiger charge is 2.26. The number of nitrogens with one attached hydrogen (secondary N) is 3. The van der Waals surface area contributed by atoms with Crippen LogP contribution in [0.25, 0.3) is 11.3 Å². The minimum absolute atomic E-state index is 0.0177. The smallest absolute Gasteiger partial charge is 0.269 e. The van der Waals surface area contributed by atoms with E-state index in [4.69, 9.17) is 4.42 Å². The summed E-state index contributed by atoms with van der Waals surface area (Å²) >= 11 is 0. The molecule has 130 valence electrons. The molecule has 1 aliphatic heterocycles. The Bertz CT molecular complexity index is 799. The van der Waals surface area contributed by atoms with Gasteiger partial charge in [0.05, 0.1) is 11.1 Å². The van der Waals surface area contributed by atoms with E-state index in [1.807, 2.05) is 6.92 Å². The molecule has 1 saturated heterocycles. The molecule has 0 bridgehead atoms. The van der Waals surface area contributed by atoms with Gasteiger partial charge in [0, 0.05) is 23.7 Å². The highest BCUT2D eigenvalue weighted by atomic mass is 16.6. The second-order valence-corrected chi connectivity index (χ2v) is 5.72. The van der Waals surface area contributed by atoms with E-state index in [0.29, 0.717) is 23.5 Å². The lowest BCUT2D eigenvalue weighted by Crippen LogP contribution is -2.41. The van der Waals surface area contributed by atoms with E-state index in [9.17, 15) is 14.9 Å². The van der Waals surface area contributed by atoms with Gasteiger partial charge in [0.2, 0.25) is 0 Å². The molecule has 1 fully saturated rings. The number of nitro groups is 1. The van der Waals surface area contributed by atoms with E-state index in [1.165, 1.54) is 18.3 Å². The van der Waals surface area contributed by atoms with Crippen LogP contribution in [-0.4, -0.2) is 29.1 Å². The first-order chi connectivity index (χ1) is 12.0. The molecule has 2 unspecified atom stereocenters. The summed E-state index contributed by atoms with van der Waals surface area (Å²) < 4.78 is 5.60. The molecule has 9 nitrogen and oxygen atoms in total. The molecule has 1 aliphatic rings. The van der Waals surface area contributed by atoms with Crippen LogP contribution in [0, 0.1) is 10.1 Å². The van der Waals surface area contributed by atoms with Gasteiger partial charge in [-0.15, -0.1) is 0 Å². The van der Waals surface area contributed by atoms with E-state index in [0.717, 1.165) is 0 Å².